The molecule has 1 saturated heterocycles. The van der Waals surface area contributed by atoms with E-state index >= 15 is 0 Å². The minimum absolute atomic E-state index is 0.0566. The van der Waals surface area contributed by atoms with E-state index < -0.39 is 0 Å². The highest BCUT2D eigenvalue weighted by molar-refractivity contribution is 7.20. The van der Waals surface area contributed by atoms with Gasteiger partial charge in [0, 0.05) is 54.4 Å². The van der Waals surface area contributed by atoms with Crippen LogP contribution < -0.4 is 5.32 Å². The molecule has 4 aromatic rings. The first-order chi connectivity index (χ1) is 15.6. The molecule has 0 bridgehead atoms. The normalized spacial score (nSPS) is 17.3. The van der Waals surface area contributed by atoms with Gasteiger partial charge in [0.05, 0.1) is 18.2 Å². The van der Waals surface area contributed by atoms with Crippen LogP contribution in [-0.2, 0) is 11.3 Å². The van der Waals surface area contributed by atoms with E-state index in [-0.39, 0.29) is 18.1 Å². The van der Waals surface area contributed by atoms with Crippen LogP contribution in [0.15, 0.2) is 54.9 Å². The number of amides is 1. The van der Waals surface area contributed by atoms with E-state index in [1.807, 2.05) is 44.3 Å². The van der Waals surface area contributed by atoms with Crippen molar-refractivity contribution in [1.29, 1.82) is 0 Å². The van der Waals surface area contributed by atoms with Crippen molar-refractivity contribution < 1.29 is 9.53 Å². The van der Waals surface area contributed by atoms with Crippen molar-refractivity contribution in [3.63, 3.8) is 0 Å². The van der Waals surface area contributed by atoms with Gasteiger partial charge < -0.3 is 10.1 Å². The molecule has 32 heavy (non-hydrogen) atoms. The highest BCUT2D eigenvalue weighted by Crippen LogP contribution is 2.37. The Morgan fingerprint density at radius 2 is 2.00 bits per heavy atom. The molecule has 1 fully saturated rings. The Balaban J connectivity index is 1.46. The van der Waals surface area contributed by atoms with Gasteiger partial charge in [-0.05, 0) is 37.6 Å². The minimum atomic E-state index is -0.178. The summed E-state index contributed by atoms with van der Waals surface area (Å²) in [6.07, 6.45) is 3.47. The van der Waals surface area contributed by atoms with E-state index in [1.165, 1.54) is 22.3 Å². The molecule has 4 heterocycles. The van der Waals surface area contributed by atoms with Crippen LogP contribution in [0.25, 0.3) is 21.1 Å². The summed E-state index contributed by atoms with van der Waals surface area (Å²) in [6, 6.07) is 14.4. The molecule has 1 N–H and O–H groups in total. The van der Waals surface area contributed by atoms with Crippen molar-refractivity contribution in [3.8, 4) is 0 Å². The summed E-state index contributed by atoms with van der Waals surface area (Å²) < 4.78 is 6.23. The fourth-order valence-electron chi connectivity index (χ4n) is 4.32. The average Bonchev–Trinajstić information content (AvgIpc) is 3.19. The van der Waals surface area contributed by atoms with E-state index in [4.69, 9.17) is 4.74 Å². The molecule has 1 aliphatic rings. The quantitative estimate of drug-likeness (QED) is 0.487. The number of pyridine rings is 2. The monoisotopic (exact) mass is 446 g/mol. The molecule has 0 spiro atoms. The maximum Gasteiger partial charge on any atom is 0.262 e. The molecule has 3 aromatic heterocycles. The molecule has 164 valence electrons. The largest absolute Gasteiger partial charge is 0.371 e. The molecule has 0 unspecified atom stereocenters. The Labute approximate surface area is 191 Å². The van der Waals surface area contributed by atoms with E-state index in [2.05, 4.69) is 38.4 Å². The number of fused-ring (bicyclic) bond motifs is 2. The van der Waals surface area contributed by atoms with Gasteiger partial charge in [-0.15, -0.1) is 11.3 Å². The third-order valence-corrected chi connectivity index (χ3v) is 6.86. The van der Waals surface area contributed by atoms with Crippen molar-refractivity contribution in [1.82, 2.24) is 20.2 Å². The summed E-state index contributed by atoms with van der Waals surface area (Å²) in [5, 5.41) is 5.23. The maximum absolute atomic E-state index is 13.0. The van der Waals surface area contributed by atoms with Gasteiger partial charge in [0.15, 0.2) is 0 Å². The predicted octanol–water partition coefficient (Wildman–Crippen LogP) is 4.56. The lowest BCUT2D eigenvalue weighted by Gasteiger charge is -2.33. The van der Waals surface area contributed by atoms with Crippen molar-refractivity contribution in [2.45, 2.75) is 32.5 Å². The zero-order chi connectivity index (χ0) is 22.1. The number of morpholine rings is 1. The van der Waals surface area contributed by atoms with Gasteiger partial charge in [0.2, 0.25) is 0 Å². The smallest absolute Gasteiger partial charge is 0.262 e. The van der Waals surface area contributed by atoms with Crippen LogP contribution >= 0.6 is 11.3 Å². The Bertz CT molecular complexity index is 1260. The second kappa shape index (κ2) is 8.94. The molecule has 0 aliphatic carbocycles. The number of rotatable bonds is 5. The molecule has 1 aliphatic heterocycles. The highest BCUT2D eigenvalue weighted by Gasteiger charge is 2.30. The standard InChI is InChI=1S/C25H26N4O2S/c1-16(2)28-24(30)23-22(19-7-5-10-27-25(19)32-23)21-15-29(12-13-31-21)14-17-9-11-26-20-8-4-3-6-18(17)20/h3-11,16,21H,12-15H2,1-2H3,(H,28,30)/t21-/m0/s1. The van der Waals surface area contributed by atoms with E-state index in [9.17, 15) is 4.79 Å². The number of hydrogen-bond acceptors (Lipinski definition) is 6. The number of aromatic nitrogens is 2. The number of nitrogens with one attached hydrogen (secondary N) is 1. The third kappa shape index (κ3) is 4.11. The van der Waals surface area contributed by atoms with E-state index in [0.29, 0.717) is 11.5 Å². The van der Waals surface area contributed by atoms with Crippen LogP contribution in [0.3, 0.4) is 0 Å². The molecule has 1 aromatic carbocycles. The van der Waals surface area contributed by atoms with Crippen LogP contribution in [0.1, 0.15) is 40.8 Å². The second-order valence-corrected chi connectivity index (χ2v) is 9.41. The SMILES string of the molecule is CC(C)NC(=O)c1sc2ncccc2c1[C@@H]1CN(Cc2ccnc3ccccc23)CCO1. The van der Waals surface area contributed by atoms with Crippen LogP contribution in [0.5, 0.6) is 0 Å². The maximum atomic E-state index is 13.0. The highest BCUT2D eigenvalue weighted by atomic mass is 32.1. The summed E-state index contributed by atoms with van der Waals surface area (Å²) >= 11 is 1.44. The summed E-state index contributed by atoms with van der Waals surface area (Å²) in [6.45, 7) is 6.95. The molecular weight excluding hydrogens is 420 g/mol. The molecule has 1 atom stereocenters. The van der Waals surface area contributed by atoms with Crippen molar-refractivity contribution in [2.24, 2.45) is 0 Å². The van der Waals surface area contributed by atoms with Crippen molar-refractivity contribution in [2.75, 3.05) is 19.7 Å². The van der Waals surface area contributed by atoms with Gasteiger partial charge in [-0.2, -0.15) is 0 Å². The second-order valence-electron chi connectivity index (χ2n) is 8.41. The first-order valence-electron chi connectivity index (χ1n) is 10.9. The fraction of sp³-hybridized carbons (Fsp3) is 0.320. The number of benzene rings is 1. The number of carbonyl (C=O) groups excluding carboxylic acids is 1. The van der Waals surface area contributed by atoms with Crippen molar-refractivity contribution in [3.05, 3.63) is 70.9 Å². The Hall–Kier alpha value is -2.87. The summed E-state index contributed by atoms with van der Waals surface area (Å²) in [5.74, 6) is -0.0566. The van der Waals surface area contributed by atoms with Gasteiger partial charge >= 0.3 is 0 Å². The molecule has 0 saturated carbocycles. The molecule has 1 amide bonds. The van der Waals surface area contributed by atoms with Gasteiger partial charge in [0.1, 0.15) is 9.71 Å². The zero-order valence-electron chi connectivity index (χ0n) is 18.2. The van der Waals surface area contributed by atoms with Crippen LogP contribution in [0.2, 0.25) is 0 Å². The molecule has 0 radical (unpaired) electrons. The molecular formula is C25H26N4O2S. The van der Waals surface area contributed by atoms with E-state index in [1.54, 1.807) is 6.20 Å². The lowest BCUT2D eigenvalue weighted by molar-refractivity contribution is -0.0322. The molecule has 6 nitrogen and oxygen atoms in total. The molecule has 7 heteroatoms. The van der Waals surface area contributed by atoms with Gasteiger partial charge in [0.25, 0.3) is 5.91 Å². The van der Waals surface area contributed by atoms with Crippen LogP contribution in [-0.4, -0.2) is 46.5 Å². The zero-order valence-corrected chi connectivity index (χ0v) is 19.1. The average molecular weight is 447 g/mol. The first-order valence-corrected chi connectivity index (χ1v) is 11.8. The molecule has 5 rings (SSSR count). The third-order valence-electron chi connectivity index (χ3n) is 5.74. The van der Waals surface area contributed by atoms with Crippen LogP contribution in [0.4, 0.5) is 0 Å². The van der Waals surface area contributed by atoms with Crippen LogP contribution in [0, 0.1) is 0 Å². The topological polar surface area (TPSA) is 67.4 Å². The first kappa shape index (κ1) is 21.0. The summed E-state index contributed by atoms with van der Waals surface area (Å²) in [7, 11) is 0. The van der Waals surface area contributed by atoms with Gasteiger partial charge in [-0.1, -0.05) is 24.3 Å². The Morgan fingerprint density at radius 3 is 2.88 bits per heavy atom. The van der Waals surface area contributed by atoms with Crippen molar-refractivity contribution >= 4 is 38.4 Å². The fourth-order valence-corrected chi connectivity index (χ4v) is 5.42. The van der Waals surface area contributed by atoms with Gasteiger partial charge in [-0.3, -0.25) is 14.7 Å². The number of hydrogen-bond donors (Lipinski definition) is 1. The van der Waals surface area contributed by atoms with Gasteiger partial charge in [-0.25, -0.2) is 4.98 Å². The lowest BCUT2D eigenvalue weighted by atomic mass is 10.0. The lowest BCUT2D eigenvalue weighted by Crippen LogP contribution is -2.38. The Kier molecular flexibility index (Phi) is 5.87. The minimum Gasteiger partial charge on any atom is -0.371 e. The number of para-hydroxylation sites is 1. The summed E-state index contributed by atoms with van der Waals surface area (Å²) in [5.41, 5.74) is 3.23. The number of carbonyl (C=O) groups is 1. The van der Waals surface area contributed by atoms with E-state index in [0.717, 1.165) is 40.9 Å². The summed E-state index contributed by atoms with van der Waals surface area (Å²) in [4.78, 5) is 26.0. The number of ether oxygens (including phenoxy) is 1. The predicted molar refractivity (Wildman–Crippen MR) is 128 cm³/mol. The Morgan fingerprint density at radius 1 is 1.16 bits per heavy atom. The number of nitrogens with zero attached hydrogens (tertiary/aromatic N) is 3. The number of thiophene rings is 1.